The Hall–Kier alpha value is -1.33. The molecule has 1 saturated carbocycles. The molecular weight excluding hydrogens is 184 g/mol. The van der Waals surface area contributed by atoms with Gasteiger partial charge in [-0.2, -0.15) is 5.26 Å². The number of rotatable bonds is 4. The first-order chi connectivity index (χ1) is 7.35. The first-order valence-corrected chi connectivity index (χ1v) is 5.56. The highest BCUT2D eigenvalue weighted by Crippen LogP contribution is 2.46. The van der Waals surface area contributed by atoms with Crippen molar-refractivity contribution in [3.63, 3.8) is 0 Å². The van der Waals surface area contributed by atoms with Gasteiger partial charge in [-0.05, 0) is 49.0 Å². The lowest BCUT2D eigenvalue weighted by Gasteiger charge is -2.01. The van der Waals surface area contributed by atoms with Crippen LogP contribution < -0.4 is 5.32 Å². The Kier molecular flexibility index (Phi) is 3.03. The third-order valence-corrected chi connectivity index (χ3v) is 3.05. The molecule has 0 heterocycles. The highest BCUT2D eigenvalue weighted by Gasteiger charge is 2.37. The normalized spacial score (nSPS) is 23.5. The SMILES string of the molecule is CCNCC1CC1c1ccc(C#N)cc1. The number of hydrogen-bond donors (Lipinski definition) is 1. The molecule has 0 aliphatic heterocycles. The molecule has 1 aromatic rings. The van der Waals surface area contributed by atoms with E-state index < -0.39 is 0 Å². The fraction of sp³-hybridized carbons (Fsp3) is 0.462. The standard InChI is InChI=1S/C13H16N2/c1-2-15-9-12-7-13(12)11-5-3-10(8-14)4-6-11/h3-6,12-13,15H,2,7,9H2,1H3. The first kappa shape index (κ1) is 10.2. The summed E-state index contributed by atoms with van der Waals surface area (Å²) in [5.41, 5.74) is 2.14. The van der Waals surface area contributed by atoms with Crippen LogP contribution in [0.4, 0.5) is 0 Å². The van der Waals surface area contributed by atoms with Crippen molar-refractivity contribution >= 4 is 0 Å². The van der Waals surface area contributed by atoms with Crippen molar-refractivity contribution in [1.82, 2.24) is 5.32 Å². The van der Waals surface area contributed by atoms with Crippen molar-refractivity contribution < 1.29 is 0 Å². The summed E-state index contributed by atoms with van der Waals surface area (Å²) in [6.45, 7) is 4.32. The van der Waals surface area contributed by atoms with Crippen molar-refractivity contribution in [2.24, 2.45) is 5.92 Å². The minimum atomic E-state index is 0.719. The number of nitriles is 1. The fourth-order valence-electron chi connectivity index (χ4n) is 2.02. The molecule has 1 aliphatic carbocycles. The summed E-state index contributed by atoms with van der Waals surface area (Å²) in [6.07, 6.45) is 1.29. The van der Waals surface area contributed by atoms with Crippen LogP contribution in [0.2, 0.25) is 0 Å². The van der Waals surface area contributed by atoms with Crippen molar-refractivity contribution in [2.75, 3.05) is 13.1 Å². The lowest BCUT2D eigenvalue weighted by atomic mass is 10.1. The second-order valence-electron chi connectivity index (χ2n) is 4.14. The predicted octanol–water partition coefficient (Wildman–Crippen LogP) is 2.27. The van der Waals surface area contributed by atoms with Crippen LogP contribution in [0, 0.1) is 17.2 Å². The van der Waals surface area contributed by atoms with Crippen LogP contribution in [-0.2, 0) is 0 Å². The van der Waals surface area contributed by atoms with E-state index in [9.17, 15) is 0 Å². The van der Waals surface area contributed by atoms with Crippen molar-refractivity contribution in [1.29, 1.82) is 5.26 Å². The van der Waals surface area contributed by atoms with Crippen molar-refractivity contribution in [3.8, 4) is 6.07 Å². The zero-order chi connectivity index (χ0) is 10.7. The summed E-state index contributed by atoms with van der Waals surface area (Å²) in [7, 11) is 0. The third kappa shape index (κ3) is 2.37. The van der Waals surface area contributed by atoms with E-state index in [0.717, 1.165) is 30.5 Å². The van der Waals surface area contributed by atoms with Gasteiger partial charge in [0.2, 0.25) is 0 Å². The van der Waals surface area contributed by atoms with E-state index in [4.69, 9.17) is 5.26 Å². The lowest BCUT2D eigenvalue weighted by Crippen LogP contribution is -2.16. The average molecular weight is 200 g/mol. The Bertz CT molecular complexity index is 361. The van der Waals surface area contributed by atoms with E-state index in [1.165, 1.54) is 12.0 Å². The molecule has 78 valence electrons. The Morgan fingerprint density at radius 1 is 1.40 bits per heavy atom. The maximum atomic E-state index is 8.69. The van der Waals surface area contributed by atoms with Crippen LogP contribution in [0.1, 0.15) is 30.4 Å². The Morgan fingerprint density at radius 2 is 2.13 bits per heavy atom. The molecule has 1 N–H and O–H groups in total. The molecule has 2 atom stereocenters. The summed E-state index contributed by atoms with van der Waals surface area (Å²) < 4.78 is 0. The van der Waals surface area contributed by atoms with Crippen molar-refractivity contribution in [2.45, 2.75) is 19.3 Å². The third-order valence-electron chi connectivity index (χ3n) is 3.05. The van der Waals surface area contributed by atoms with Crippen LogP contribution in [0.3, 0.4) is 0 Å². The monoisotopic (exact) mass is 200 g/mol. The Balaban J connectivity index is 1.93. The fourth-order valence-corrected chi connectivity index (χ4v) is 2.02. The molecule has 0 spiro atoms. The minimum Gasteiger partial charge on any atom is -0.317 e. The zero-order valence-corrected chi connectivity index (χ0v) is 9.03. The van der Waals surface area contributed by atoms with Gasteiger partial charge in [-0.15, -0.1) is 0 Å². The quantitative estimate of drug-likeness (QED) is 0.809. The maximum absolute atomic E-state index is 8.69. The molecule has 2 nitrogen and oxygen atoms in total. The highest BCUT2D eigenvalue weighted by molar-refractivity contribution is 5.35. The molecule has 0 bridgehead atoms. The zero-order valence-electron chi connectivity index (χ0n) is 9.03. The van der Waals surface area contributed by atoms with Gasteiger partial charge in [0.15, 0.2) is 0 Å². The summed E-state index contributed by atoms with van der Waals surface area (Å²) in [4.78, 5) is 0. The summed E-state index contributed by atoms with van der Waals surface area (Å²) in [6, 6.07) is 10.2. The number of nitrogens with zero attached hydrogens (tertiary/aromatic N) is 1. The van der Waals surface area contributed by atoms with Gasteiger partial charge in [-0.1, -0.05) is 19.1 Å². The summed E-state index contributed by atoms with van der Waals surface area (Å²) >= 11 is 0. The molecule has 2 unspecified atom stereocenters. The molecule has 1 fully saturated rings. The van der Waals surface area contributed by atoms with Gasteiger partial charge in [0.25, 0.3) is 0 Å². The molecule has 0 radical (unpaired) electrons. The van der Waals surface area contributed by atoms with Crippen LogP contribution in [0.15, 0.2) is 24.3 Å². The van der Waals surface area contributed by atoms with E-state index >= 15 is 0 Å². The van der Waals surface area contributed by atoms with Gasteiger partial charge < -0.3 is 5.32 Å². The average Bonchev–Trinajstić information content (AvgIpc) is 3.06. The Morgan fingerprint density at radius 3 is 2.73 bits per heavy atom. The maximum Gasteiger partial charge on any atom is 0.0991 e. The topological polar surface area (TPSA) is 35.8 Å². The Labute approximate surface area is 90.9 Å². The molecule has 2 heteroatoms. The van der Waals surface area contributed by atoms with Gasteiger partial charge in [-0.3, -0.25) is 0 Å². The van der Waals surface area contributed by atoms with Gasteiger partial charge in [0, 0.05) is 0 Å². The van der Waals surface area contributed by atoms with E-state index in [2.05, 4.69) is 30.4 Å². The lowest BCUT2D eigenvalue weighted by molar-refractivity contribution is 0.649. The highest BCUT2D eigenvalue weighted by atomic mass is 14.9. The van der Waals surface area contributed by atoms with Gasteiger partial charge >= 0.3 is 0 Å². The smallest absolute Gasteiger partial charge is 0.0991 e. The van der Waals surface area contributed by atoms with E-state index in [-0.39, 0.29) is 0 Å². The van der Waals surface area contributed by atoms with Gasteiger partial charge in [0.1, 0.15) is 0 Å². The van der Waals surface area contributed by atoms with Crippen LogP contribution in [0.25, 0.3) is 0 Å². The summed E-state index contributed by atoms with van der Waals surface area (Å²) in [5, 5.41) is 12.1. The van der Waals surface area contributed by atoms with Crippen LogP contribution in [0.5, 0.6) is 0 Å². The molecule has 2 rings (SSSR count). The summed E-state index contributed by atoms with van der Waals surface area (Å²) in [5.74, 6) is 1.52. The van der Waals surface area contributed by atoms with E-state index in [1.54, 1.807) is 0 Å². The number of hydrogen-bond acceptors (Lipinski definition) is 2. The van der Waals surface area contributed by atoms with Gasteiger partial charge in [-0.25, -0.2) is 0 Å². The first-order valence-electron chi connectivity index (χ1n) is 5.56. The second kappa shape index (κ2) is 4.46. The minimum absolute atomic E-state index is 0.719. The largest absolute Gasteiger partial charge is 0.317 e. The number of nitrogens with one attached hydrogen (secondary N) is 1. The predicted molar refractivity (Wildman–Crippen MR) is 60.5 cm³/mol. The van der Waals surface area contributed by atoms with Gasteiger partial charge in [0.05, 0.1) is 11.6 Å². The molecule has 0 amide bonds. The van der Waals surface area contributed by atoms with E-state index in [1.807, 2.05) is 12.1 Å². The van der Waals surface area contributed by atoms with Crippen molar-refractivity contribution in [3.05, 3.63) is 35.4 Å². The van der Waals surface area contributed by atoms with E-state index in [0.29, 0.717) is 0 Å². The molecule has 0 saturated heterocycles. The number of benzene rings is 1. The molecule has 0 aromatic heterocycles. The molecule has 15 heavy (non-hydrogen) atoms. The second-order valence-corrected chi connectivity index (χ2v) is 4.14. The molecule has 1 aromatic carbocycles. The van der Waals surface area contributed by atoms with Crippen LogP contribution in [-0.4, -0.2) is 13.1 Å². The molecular formula is C13H16N2. The van der Waals surface area contributed by atoms with Crippen LogP contribution >= 0.6 is 0 Å². The molecule has 1 aliphatic rings.